The first-order valence-electron chi connectivity index (χ1n) is 3.29. The number of rotatable bonds is 1. The van der Waals surface area contributed by atoms with Gasteiger partial charge in [-0.25, -0.2) is 0 Å². The van der Waals surface area contributed by atoms with Crippen molar-refractivity contribution in [3.8, 4) is 0 Å². The van der Waals surface area contributed by atoms with Crippen molar-refractivity contribution in [1.29, 1.82) is 0 Å². The highest BCUT2D eigenvalue weighted by atomic mass is 16.3. The van der Waals surface area contributed by atoms with Gasteiger partial charge in [0.1, 0.15) is 0 Å². The van der Waals surface area contributed by atoms with Crippen LogP contribution < -0.4 is 5.32 Å². The van der Waals surface area contributed by atoms with E-state index in [1.54, 1.807) is 0 Å². The topological polar surface area (TPSA) is 32.3 Å². The first-order valence-corrected chi connectivity index (χ1v) is 3.29. The van der Waals surface area contributed by atoms with Crippen LogP contribution in [0, 0.1) is 0 Å². The molecule has 0 amide bonds. The Labute approximate surface area is 55.6 Å². The molecule has 0 aliphatic carbocycles. The summed E-state index contributed by atoms with van der Waals surface area (Å²) in [6.07, 6.45) is 2.07. The first-order chi connectivity index (χ1) is 4.24. The van der Waals surface area contributed by atoms with Gasteiger partial charge in [-0.3, -0.25) is 0 Å². The van der Waals surface area contributed by atoms with E-state index >= 15 is 0 Å². The maximum atomic E-state index is 8.69. The molecular formula is C7H13NO. The van der Waals surface area contributed by atoms with Crippen molar-refractivity contribution < 1.29 is 5.11 Å². The molecule has 2 atom stereocenters. The van der Waals surface area contributed by atoms with E-state index in [0.717, 1.165) is 0 Å². The molecule has 0 bridgehead atoms. The zero-order chi connectivity index (χ0) is 6.85. The molecule has 0 saturated heterocycles. The van der Waals surface area contributed by atoms with Crippen molar-refractivity contribution in [2.45, 2.75) is 25.9 Å². The van der Waals surface area contributed by atoms with Crippen molar-refractivity contribution in [2.75, 3.05) is 6.61 Å². The van der Waals surface area contributed by atoms with Crippen LogP contribution in [-0.4, -0.2) is 23.8 Å². The molecule has 2 heteroatoms. The second-order valence-electron chi connectivity index (χ2n) is 2.59. The van der Waals surface area contributed by atoms with Crippen LogP contribution in [0.1, 0.15) is 13.8 Å². The summed E-state index contributed by atoms with van der Waals surface area (Å²) in [7, 11) is 0. The third-order valence-corrected chi connectivity index (χ3v) is 1.81. The molecule has 52 valence electrons. The maximum Gasteiger partial charge on any atom is 0.0620 e. The number of nitrogens with one attached hydrogen (secondary N) is 1. The van der Waals surface area contributed by atoms with Gasteiger partial charge in [0.15, 0.2) is 0 Å². The number of hydrogen-bond acceptors (Lipinski definition) is 2. The van der Waals surface area contributed by atoms with E-state index < -0.39 is 0 Å². The molecule has 1 aliphatic rings. The summed E-state index contributed by atoms with van der Waals surface area (Å²) in [5.74, 6) is 0. The van der Waals surface area contributed by atoms with Gasteiger partial charge in [-0.2, -0.15) is 0 Å². The van der Waals surface area contributed by atoms with Gasteiger partial charge in [0, 0.05) is 12.1 Å². The second-order valence-corrected chi connectivity index (χ2v) is 2.59. The minimum Gasteiger partial charge on any atom is -0.394 e. The number of aliphatic hydroxyl groups is 1. The van der Waals surface area contributed by atoms with Gasteiger partial charge in [-0.1, -0.05) is 11.6 Å². The smallest absolute Gasteiger partial charge is 0.0620 e. The van der Waals surface area contributed by atoms with E-state index in [9.17, 15) is 0 Å². The fraction of sp³-hybridized carbons (Fsp3) is 0.714. The van der Waals surface area contributed by atoms with Crippen LogP contribution >= 0.6 is 0 Å². The zero-order valence-electron chi connectivity index (χ0n) is 5.89. The highest BCUT2D eigenvalue weighted by Gasteiger charge is 2.16. The largest absolute Gasteiger partial charge is 0.394 e. The number of aliphatic hydroxyl groups excluding tert-OH is 1. The van der Waals surface area contributed by atoms with Crippen LogP contribution in [0.4, 0.5) is 0 Å². The van der Waals surface area contributed by atoms with E-state index in [0.29, 0.717) is 6.04 Å². The Morgan fingerprint density at radius 1 is 1.78 bits per heavy atom. The average Bonchev–Trinajstić information content (AvgIpc) is 2.13. The molecule has 0 aromatic carbocycles. The van der Waals surface area contributed by atoms with Crippen LogP contribution in [0.25, 0.3) is 0 Å². The minimum absolute atomic E-state index is 0.194. The molecule has 0 saturated carbocycles. The van der Waals surface area contributed by atoms with Crippen molar-refractivity contribution in [2.24, 2.45) is 0 Å². The summed E-state index contributed by atoms with van der Waals surface area (Å²) < 4.78 is 0. The summed E-state index contributed by atoms with van der Waals surface area (Å²) in [4.78, 5) is 0. The second kappa shape index (κ2) is 2.50. The maximum absolute atomic E-state index is 8.69. The van der Waals surface area contributed by atoms with Crippen molar-refractivity contribution in [1.82, 2.24) is 5.32 Å². The Bertz CT molecular complexity index is 131. The Morgan fingerprint density at radius 2 is 2.44 bits per heavy atom. The van der Waals surface area contributed by atoms with E-state index in [2.05, 4.69) is 25.2 Å². The summed E-state index contributed by atoms with van der Waals surface area (Å²) in [6, 6.07) is 0.641. The predicted molar refractivity (Wildman–Crippen MR) is 37.2 cm³/mol. The van der Waals surface area contributed by atoms with Crippen molar-refractivity contribution in [3.63, 3.8) is 0 Å². The van der Waals surface area contributed by atoms with Crippen molar-refractivity contribution >= 4 is 0 Å². The van der Waals surface area contributed by atoms with Crippen LogP contribution in [-0.2, 0) is 0 Å². The van der Waals surface area contributed by atoms with Crippen molar-refractivity contribution in [3.05, 3.63) is 11.6 Å². The molecule has 1 rings (SSSR count). The lowest BCUT2D eigenvalue weighted by atomic mass is 10.2. The average molecular weight is 127 g/mol. The van der Waals surface area contributed by atoms with Gasteiger partial charge in [-0.15, -0.1) is 0 Å². The molecule has 9 heavy (non-hydrogen) atoms. The molecule has 2 unspecified atom stereocenters. The monoisotopic (exact) mass is 127 g/mol. The van der Waals surface area contributed by atoms with Crippen LogP contribution in [0.5, 0.6) is 0 Å². The lowest BCUT2D eigenvalue weighted by Crippen LogP contribution is -2.31. The van der Waals surface area contributed by atoms with Gasteiger partial charge in [-0.05, 0) is 13.8 Å². The zero-order valence-corrected chi connectivity index (χ0v) is 5.89. The van der Waals surface area contributed by atoms with Gasteiger partial charge < -0.3 is 10.4 Å². The molecule has 0 spiro atoms. The number of hydrogen-bond donors (Lipinski definition) is 2. The minimum atomic E-state index is 0.194. The molecule has 0 fully saturated rings. The van der Waals surface area contributed by atoms with Gasteiger partial charge >= 0.3 is 0 Å². The summed E-state index contributed by atoms with van der Waals surface area (Å²) in [6.45, 7) is 4.39. The normalized spacial score (nSPS) is 34.8. The molecule has 2 N–H and O–H groups in total. The van der Waals surface area contributed by atoms with E-state index in [1.165, 1.54) is 5.57 Å². The van der Waals surface area contributed by atoms with Gasteiger partial charge in [0.2, 0.25) is 0 Å². The highest BCUT2D eigenvalue weighted by Crippen LogP contribution is 2.10. The van der Waals surface area contributed by atoms with Gasteiger partial charge in [0.05, 0.1) is 6.61 Å². The van der Waals surface area contributed by atoms with Crippen LogP contribution in [0.3, 0.4) is 0 Å². The molecule has 2 nitrogen and oxygen atoms in total. The summed E-state index contributed by atoms with van der Waals surface area (Å²) >= 11 is 0. The molecule has 1 aliphatic heterocycles. The Balaban J connectivity index is 2.52. The fourth-order valence-corrected chi connectivity index (χ4v) is 1.07. The lowest BCUT2D eigenvalue weighted by Gasteiger charge is -2.07. The Hall–Kier alpha value is -0.340. The fourth-order valence-electron chi connectivity index (χ4n) is 1.07. The summed E-state index contributed by atoms with van der Waals surface area (Å²) in [5, 5.41) is 11.9. The first kappa shape index (κ1) is 6.78. The van der Waals surface area contributed by atoms with Crippen LogP contribution in [0.15, 0.2) is 11.6 Å². The Morgan fingerprint density at radius 3 is 2.67 bits per heavy atom. The summed E-state index contributed by atoms with van der Waals surface area (Å²) in [5.41, 5.74) is 1.33. The third kappa shape index (κ3) is 1.32. The molecular weight excluding hydrogens is 114 g/mol. The third-order valence-electron chi connectivity index (χ3n) is 1.81. The molecule has 0 aromatic rings. The molecule has 0 aromatic heterocycles. The van der Waals surface area contributed by atoms with E-state index in [1.807, 2.05) is 0 Å². The van der Waals surface area contributed by atoms with Gasteiger partial charge in [0.25, 0.3) is 0 Å². The standard InChI is InChI=1S/C7H13NO/c1-5-3-7(4-9)8-6(5)2/h3,6-9H,4H2,1-2H3. The Kier molecular flexibility index (Phi) is 1.88. The molecule has 0 radical (unpaired) electrons. The highest BCUT2D eigenvalue weighted by molar-refractivity contribution is 5.17. The SMILES string of the molecule is CC1=CC(CO)NC1C. The quantitative estimate of drug-likeness (QED) is 0.496. The van der Waals surface area contributed by atoms with E-state index in [4.69, 9.17) is 5.11 Å². The molecule has 1 heterocycles. The van der Waals surface area contributed by atoms with Crippen LogP contribution in [0.2, 0.25) is 0 Å². The predicted octanol–water partition coefficient (Wildman–Crippen LogP) is 0.285. The van der Waals surface area contributed by atoms with E-state index in [-0.39, 0.29) is 12.6 Å². The lowest BCUT2D eigenvalue weighted by molar-refractivity contribution is 0.266.